The molecule has 1 aliphatic heterocycles. The van der Waals surface area contributed by atoms with E-state index in [2.05, 4.69) is 4.98 Å². The number of aryl methyl sites for hydroxylation is 1. The van der Waals surface area contributed by atoms with Crippen molar-refractivity contribution in [1.29, 1.82) is 0 Å². The van der Waals surface area contributed by atoms with Crippen LogP contribution in [0.15, 0.2) is 52.9 Å². The maximum absolute atomic E-state index is 13.1. The van der Waals surface area contributed by atoms with Gasteiger partial charge in [0.15, 0.2) is 4.77 Å². The molecule has 1 amide bonds. The molecule has 1 N–H and O–H groups in total. The highest BCUT2D eigenvalue weighted by Crippen LogP contribution is 2.25. The minimum absolute atomic E-state index is 0.176. The smallest absolute Gasteiger partial charge is 0.272 e. The SMILES string of the molecule is Cc1ccc(S(=O)(=O)N2CCN(C(=O)c3c[nH]c(=S)n3-c3ccccc3)CC2)s1. The lowest BCUT2D eigenvalue weighted by Crippen LogP contribution is -2.50. The number of aromatic nitrogens is 2. The zero-order chi connectivity index (χ0) is 20.6. The first-order valence-corrected chi connectivity index (χ1v) is 11.8. The predicted molar refractivity (Wildman–Crippen MR) is 115 cm³/mol. The topological polar surface area (TPSA) is 78.4 Å². The fourth-order valence-corrected chi connectivity index (χ4v) is 6.45. The first kappa shape index (κ1) is 20.0. The Morgan fingerprint density at radius 1 is 1.07 bits per heavy atom. The third-order valence-electron chi connectivity index (χ3n) is 4.85. The summed E-state index contributed by atoms with van der Waals surface area (Å²) in [7, 11) is -3.52. The number of amides is 1. The standard InChI is InChI=1S/C19H20N4O3S3/c1-14-7-8-17(28-14)29(25,26)22-11-9-21(10-12-22)18(24)16-13-20-19(27)23(16)15-5-3-2-4-6-15/h2-8,13H,9-12H2,1H3,(H,20,27). The normalized spacial score (nSPS) is 15.6. The molecule has 1 aliphatic rings. The Bertz CT molecular complexity index is 1190. The number of piperazine rings is 1. The Balaban J connectivity index is 1.52. The number of hydrogen-bond acceptors (Lipinski definition) is 5. The van der Waals surface area contributed by atoms with Gasteiger partial charge in [-0.05, 0) is 43.4 Å². The Hall–Kier alpha value is -2.27. The maximum atomic E-state index is 13.1. The molecule has 10 heteroatoms. The Kier molecular flexibility index (Phi) is 5.43. The number of carbonyl (C=O) groups is 1. The van der Waals surface area contributed by atoms with Crippen molar-refractivity contribution in [1.82, 2.24) is 18.8 Å². The van der Waals surface area contributed by atoms with E-state index in [1.807, 2.05) is 37.3 Å². The van der Waals surface area contributed by atoms with E-state index in [1.165, 1.54) is 15.6 Å². The summed E-state index contributed by atoms with van der Waals surface area (Å²) in [5, 5.41) is 0. The molecule has 0 atom stereocenters. The number of aromatic amines is 1. The number of carbonyl (C=O) groups excluding carboxylic acids is 1. The number of nitrogens with one attached hydrogen (secondary N) is 1. The van der Waals surface area contributed by atoms with Gasteiger partial charge in [-0.2, -0.15) is 4.31 Å². The average molecular weight is 449 g/mol. The Morgan fingerprint density at radius 2 is 1.76 bits per heavy atom. The molecule has 1 saturated heterocycles. The van der Waals surface area contributed by atoms with Crippen LogP contribution in [0.4, 0.5) is 0 Å². The molecule has 3 heterocycles. The lowest BCUT2D eigenvalue weighted by molar-refractivity contribution is 0.0690. The highest BCUT2D eigenvalue weighted by atomic mass is 32.2. The maximum Gasteiger partial charge on any atom is 0.272 e. The summed E-state index contributed by atoms with van der Waals surface area (Å²) < 4.78 is 29.5. The third-order valence-corrected chi connectivity index (χ3v) is 8.51. The molecule has 1 fully saturated rings. The van der Waals surface area contributed by atoms with E-state index in [-0.39, 0.29) is 19.0 Å². The molecule has 3 aromatic rings. The molecule has 1 aromatic carbocycles. The molecule has 152 valence electrons. The summed E-state index contributed by atoms with van der Waals surface area (Å²) in [5.74, 6) is -0.176. The molecule has 0 radical (unpaired) electrons. The van der Waals surface area contributed by atoms with Gasteiger partial charge >= 0.3 is 0 Å². The second kappa shape index (κ2) is 7.86. The second-order valence-electron chi connectivity index (χ2n) is 6.71. The van der Waals surface area contributed by atoms with Gasteiger partial charge in [0.1, 0.15) is 9.90 Å². The van der Waals surface area contributed by atoms with Crippen LogP contribution in [0, 0.1) is 11.7 Å². The van der Waals surface area contributed by atoms with Crippen molar-refractivity contribution >= 4 is 39.5 Å². The van der Waals surface area contributed by atoms with E-state index in [1.54, 1.807) is 27.8 Å². The number of benzene rings is 1. The molecule has 0 saturated carbocycles. The second-order valence-corrected chi connectivity index (χ2v) is 10.6. The van der Waals surface area contributed by atoms with Crippen molar-refractivity contribution < 1.29 is 13.2 Å². The molecule has 0 unspecified atom stereocenters. The summed E-state index contributed by atoms with van der Waals surface area (Å²) in [6.07, 6.45) is 1.61. The van der Waals surface area contributed by atoms with Crippen molar-refractivity contribution in [3.8, 4) is 5.69 Å². The fraction of sp³-hybridized carbons (Fsp3) is 0.263. The van der Waals surface area contributed by atoms with Crippen LogP contribution >= 0.6 is 23.6 Å². The van der Waals surface area contributed by atoms with Crippen LogP contribution in [-0.4, -0.2) is 59.3 Å². The fourth-order valence-electron chi connectivity index (χ4n) is 3.33. The first-order chi connectivity index (χ1) is 13.9. The van der Waals surface area contributed by atoms with Crippen LogP contribution < -0.4 is 0 Å². The van der Waals surface area contributed by atoms with E-state index in [4.69, 9.17) is 12.2 Å². The van der Waals surface area contributed by atoms with Crippen molar-refractivity contribution in [3.05, 3.63) is 64.0 Å². The number of para-hydroxylation sites is 1. The van der Waals surface area contributed by atoms with Crippen molar-refractivity contribution in [2.45, 2.75) is 11.1 Å². The molecular formula is C19H20N4O3S3. The van der Waals surface area contributed by atoms with Gasteiger partial charge < -0.3 is 9.88 Å². The van der Waals surface area contributed by atoms with Crippen LogP contribution in [0.1, 0.15) is 15.4 Å². The molecule has 29 heavy (non-hydrogen) atoms. The molecule has 0 bridgehead atoms. The minimum Gasteiger partial charge on any atom is -0.336 e. The Labute approximate surface area is 178 Å². The van der Waals surface area contributed by atoms with Gasteiger partial charge in [0.2, 0.25) is 0 Å². The zero-order valence-electron chi connectivity index (χ0n) is 15.7. The van der Waals surface area contributed by atoms with E-state index < -0.39 is 10.0 Å². The molecule has 7 nitrogen and oxygen atoms in total. The summed E-state index contributed by atoms with van der Waals surface area (Å²) in [6, 6.07) is 12.9. The summed E-state index contributed by atoms with van der Waals surface area (Å²) >= 11 is 6.61. The van der Waals surface area contributed by atoms with Crippen molar-refractivity contribution in [2.75, 3.05) is 26.2 Å². The summed E-state index contributed by atoms with van der Waals surface area (Å²) in [6.45, 7) is 3.07. The summed E-state index contributed by atoms with van der Waals surface area (Å²) in [5.41, 5.74) is 1.24. The lowest BCUT2D eigenvalue weighted by Gasteiger charge is -2.33. The number of hydrogen-bond donors (Lipinski definition) is 1. The number of sulfonamides is 1. The zero-order valence-corrected chi connectivity index (χ0v) is 18.2. The van der Waals surface area contributed by atoms with Gasteiger partial charge in [0.25, 0.3) is 15.9 Å². The van der Waals surface area contributed by atoms with Gasteiger partial charge in [0.05, 0.1) is 0 Å². The summed E-state index contributed by atoms with van der Waals surface area (Å²) in [4.78, 5) is 18.7. The van der Waals surface area contributed by atoms with Crippen LogP contribution in [0.2, 0.25) is 0 Å². The van der Waals surface area contributed by atoms with Crippen LogP contribution in [0.3, 0.4) is 0 Å². The molecule has 0 aliphatic carbocycles. The Morgan fingerprint density at radius 3 is 2.38 bits per heavy atom. The average Bonchev–Trinajstić information content (AvgIpc) is 3.34. The molecule has 4 rings (SSSR count). The highest BCUT2D eigenvalue weighted by Gasteiger charge is 2.32. The lowest BCUT2D eigenvalue weighted by atomic mass is 10.3. The minimum atomic E-state index is -3.52. The van der Waals surface area contributed by atoms with Crippen LogP contribution in [0.5, 0.6) is 0 Å². The molecular weight excluding hydrogens is 428 g/mol. The quantitative estimate of drug-likeness (QED) is 0.623. The van der Waals surface area contributed by atoms with Crippen LogP contribution in [0.25, 0.3) is 5.69 Å². The monoisotopic (exact) mass is 448 g/mol. The first-order valence-electron chi connectivity index (χ1n) is 9.09. The van der Waals surface area contributed by atoms with Gasteiger partial charge in [-0.3, -0.25) is 9.36 Å². The van der Waals surface area contributed by atoms with Crippen LogP contribution in [-0.2, 0) is 10.0 Å². The number of nitrogens with zero attached hydrogens (tertiary/aromatic N) is 3. The number of H-pyrrole nitrogens is 1. The number of imidazole rings is 1. The van der Waals surface area contributed by atoms with Crippen molar-refractivity contribution in [3.63, 3.8) is 0 Å². The molecule has 2 aromatic heterocycles. The third kappa shape index (κ3) is 3.80. The van der Waals surface area contributed by atoms with Gasteiger partial charge in [-0.25, -0.2) is 8.42 Å². The predicted octanol–water partition coefficient (Wildman–Crippen LogP) is 3.05. The van der Waals surface area contributed by atoms with E-state index >= 15 is 0 Å². The highest BCUT2D eigenvalue weighted by molar-refractivity contribution is 7.91. The number of rotatable bonds is 4. The van der Waals surface area contributed by atoms with Gasteiger partial charge in [0, 0.05) is 42.9 Å². The largest absolute Gasteiger partial charge is 0.336 e. The van der Waals surface area contributed by atoms with E-state index in [9.17, 15) is 13.2 Å². The van der Waals surface area contributed by atoms with Gasteiger partial charge in [-0.15, -0.1) is 11.3 Å². The van der Waals surface area contributed by atoms with Gasteiger partial charge in [-0.1, -0.05) is 18.2 Å². The number of thiophene rings is 1. The van der Waals surface area contributed by atoms with E-state index in [0.29, 0.717) is 27.8 Å². The van der Waals surface area contributed by atoms with E-state index in [0.717, 1.165) is 10.6 Å². The van der Waals surface area contributed by atoms with Crippen molar-refractivity contribution in [2.24, 2.45) is 0 Å². The molecule has 0 spiro atoms.